The average Bonchev–Trinajstić information content (AvgIpc) is 2.98. The average molecular weight is 258 g/mol. The molecule has 2 atom stereocenters. The molecule has 2 aliphatic heterocycles. The zero-order chi connectivity index (χ0) is 13.1. The Bertz CT molecular complexity index is 487. The van der Waals surface area contributed by atoms with E-state index in [1.54, 1.807) is 7.11 Å². The van der Waals surface area contributed by atoms with E-state index in [0.29, 0.717) is 0 Å². The molecule has 0 saturated heterocycles. The van der Waals surface area contributed by atoms with Crippen LogP contribution in [0, 0.1) is 0 Å². The van der Waals surface area contributed by atoms with E-state index in [1.807, 2.05) is 24.3 Å². The molecule has 0 spiro atoms. The van der Waals surface area contributed by atoms with Crippen molar-refractivity contribution < 1.29 is 14.2 Å². The minimum Gasteiger partial charge on any atom is -0.497 e. The number of rotatable bonds is 3. The zero-order valence-corrected chi connectivity index (χ0v) is 11.0. The first-order valence-corrected chi connectivity index (χ1v) is 6.67. The third kappa shape index (κ3) is 2.66. The molecule has 19 heavy (non-hydrogen) atoms. The van der Waals surface area contributed by atoms with Crippen molar-refractivity contribution >= 4 is 0 Å². The monoisotopic (exact) mass is 258 g/mol. The molecule has 0 fully saturated rings. The molecular formula is C16H18O3. The van der Waals surface area contributed by atoms with Gasteiger partial charge in [0.25, 0.3) is 0 Å². The Balaban J connectivity index is 1.68. The summed E-state index contributed by atoms with van der Waals surface area (Å²) in [6.45, 7) is 0.798. The highest BCUT2D eigenvalue weighted by Gasteiger charge is 2.25. The SMILES string of the molecule is COc1ccc([C@@H]2C=C[C@@H](C3=CCCCO3)O2)cc1. The van der Waals surface area contributed by atoms with E-state index in [-0.39, 0.29) is 12.2 Å². The predicted octanol–water partition coefficient (Wildman–Crippen LogP) is 3.39. The van der Waals surface area contributed by atoms with E-state index in [1.165, 1.54) is 0 Å². The summed E-state index contributed by atoms with van der Waals surface area (Å²) in [5, 5.41) is 0. The number of methoxy groups -OCH3 is 1. The molecule has 0 aromatic heterocycles. The topological polar surface area (TPSA) is 27.7 Å². The molecule has 3 nitrogen and oxygen atoms in total. The maximum Gasteiger partial charge on any atom is 0.134 e. The fourth-order valence-corrected chi connectivity index (χ4v) is 2.37. The number of allylic oxidation sites excluding steroid dienone is 1. The number of hydrogen-bond acceptors (Lipinski definition) is 3. The van der Waals surface area contributed by atoms with Crippen LogP contribution in [0.1, 0.15) is 24.5 Å². The van der Waals surface area contributed by atoms with Crippen molar-refractivity contribution in [3.63, 3.8) is 0 Å². The Labute approximate surface area is 113 Å². The van der Waals surface area contributed by atoms with Crippen molar-refractivity contribution in [1.29, 1.82) is 0 Å². The molecule has 0 amide bonds. The van der Waals surface area contributed by atoms with Crippen molar-refractivity contribution in [2.24, 2.45) is 0 Å². The molecular weight excluding hydrogens is 240 g/mol. The van der Waals surface area contributed by atoms with Crippen molar-refractivity contribution in [2.75, 3.05) is 13.7 Å². The second-order valence-corrected chi connectivity index (χ2v) is 4.73. The van der Waals surface area contributed by atoms with E-state index in [2.05, 4.69) is 18.2 Å². The molecule has 0 radical (unpaired) electrons. The molecule has 1 aromatic rings. The van der Waals surface area contributed by atoms with Gasteiger partial charge in [0.15, 0.2) is 0 Å². The smallest absolute Gasteiger partial charge is 0.134 e. The lowest BCUT2D eigenvalue weighted by Gasteiger charge is -2.21. The number of hydrogen-bond donors (Lipinski definition) is 0. The summed E-state index contributed by atoms with van der Waals surface area (Å²) in [7, 11) is 1.67. The standard InChI is InChI=1S/C16H18O3/c1-17-13-7-5-12(6-8-13)14-9-10-16(19-14)15-4-2-3-11-18-15/h4-10,14,16H,2-3,11H2,1H3/t14-,16-/m0/s1. The quantitative estimate of drug-likeness (QED) is 0.778. The van der Waals surface area contributed by atoms with Crippen LogP contribution in [0.5, 0.6) is 5.75 Å². The molecule has 0 bridgehead atoms. The van der Waals surface area contributed by atoms with Crippen LogP contribution in [0.15, 0.2) is 48.3 Å². The first kappa shape index (κ1) is 12.3. The summed E-state index contributed by atoms with van der Waals surface area (Å²) >= 11 is 0. The van der Waals surface area contributed by atoms with Gasteiger partial charge in [-0.25, -0.2) is 0 Å². The first-order chi connectivity index (χ1) is 9.36. The summed E-state index contributed by atoms with van der Waals surface area (Å²) in [4.78, 5) is 0. The maximum absolute atomic E-state index is 6.02. The van der Waals surface area contributed by atoms with Gasteiger partial charge >= 0.3 is 0 Å². The van der Waals surface area contributed by atoms with Crippen LogP contribution in [-0.4, -0.2) is 19.8 Å². The largest absolute Gasteiger partial charge is 0.497 e. The number of ether oxygens (including phenoxy) is 3. The second kappa shape index (κ2) is 5.49. The molecule has 0 saturated carbocycles. The van der Waals surface area contributed by atoms with Crippen molar-refractivity contribution in [1.82, 2.24) is 0 Å². The normalized spacial score (nSPS) is 25.8. The van der Waals surface area contributed by atoms with Gasteiger partial charge in [0.05, 0.1) is 13.7 Å². The molecule has 2 aliphatic rings. The van der Waals surface area contributed by atoms with Gasteiger partial charge in [0.2, 0.25) is 0 Å². The summed E-state index contributed by atoms with van der Waals surface area (Å²) in [6, 6.07) is 7.98. The lowest BCUT2D eigenvalue weighted by Crippen LogP contribution is -2.16. The lowest BCUT2D eigenvalue weighted by atomic mass is 10.1. The van der Waals surface area contributed by atoms with E-state index in [0.717, 1.165) is 36.5 Å². The molecule has 100 valence electrons. The van der Waals surface area contributed by atoms with Gasteiger partial charge < -0.3 is 14.2 Å². The molecule has 1 aromatic carbocycles. The van der Waals surface area contributed by atoms with Crippen molar-refractivity contribution in [3.8, 4) is 5.75 Å². The lowest BCUT2D eigenvalue weighted by molar-refractivity contribution is 0.0337. The first-order valence-electron chi connectivity index (χ1n) is 6.67. The van der Waals surface area contributed by atoms with E-state index in [4.69, 9.17) is 14.2 Å². The molecule has 0 aliphatic carbocycles. The Morgan fingerprint density at radius 2 is 1.89 bits per heavy atom. The fraction of sp³-hybridized carbons (Fsp3) is 0.375. The third-order valence-corrected chi connectivity index (χ3v) is 3.44. The van der Waals surface area contributed by atoms with Gasteiger partial charge in [0, 0.05) is 0 Å². The minimum atomic E-state index is -0.0348. The van der Waals surface area contributed by atoms with Gasteiger partial charge in [-0.1, -0.05) is 18.2 Å². The van der Waals surface area contributed by atoms with Gasteiger partial charge in [-0.15, -0.1) is 0 Å². The van der Waals surface area contributed by atoms with Crippen LogP contribution in [0.4, 0.5) is 0 Å². The summed E-state index contributed by atoms with van der Waals surface area (Å²) in [5.74, 6) is 1.82. The Morgan fingerprint density at radius 1 is 1.11 bits per heavy atom. The fourth-order valence-electron chi connectivity index (χ4n) is 2.37. The van der Waals surface area contributed by atoms with Crippen LogP contribution in [-0.2, 0) is 9.47 Å². The van der Waals surface area contributed by atoms with Crippen LogP contribution in [0.2, 0.25) is 0 Å². The van der Waals surface area contributed by atoms with Crippen molar-refractivity contribution in [2.45, 2.75) is 25.0 Å². The van der Waals surface area contributed by atoms with Crippen LogP contribution >= 0.6 is 0 Å². The number of benzene rings is 1. The molecule has 0 N–H and O–H groups in total. The summed E-state index contributed by atoms with van der Waals surface area (Å²) < 4.78 is 16.8. The maximum atomic E-state index is 6.02. The molecule has 2 heterocycles. The van der Waals surface area contributed by atoms with Crippen LogP contribution in [0.25, 0.3) is 0 Å². The van der Waals surface area contributed by atoms with E-state index in [9.17, 15) is 0 Å². The second-order valence-electron chi connectivity index (χ2n) is 4.73. The Kier molecular flexibility index (Phi) is 3.56. The molecule has 0 unspecified atom stereocenters. The van der Waals surface area contributed by atoms with Crippen molar-refractivity contribution in [3.05, 3.63) is 53.8 Å². The Morgan fingerprint density at radius 3 is 2.58 bits per heavy atom. The Hall–Kier alpha value is -1.74. The van der Waals surface area contributed by atoms with Gasteiger partial charge in [0.1, 0.15) is 23.7 Å². The van der Waals surface area contributed by atoms with Gasteiger partial charge in [-0.3, -0.25) is 0 Å². The zero-order valence-electron chi connectivity index (χ0n) is 11.0. The minimum absolute atomic E-state index is 0.00216. The highest BCUT2D eigenvalue weighted by molar-refractivity contribution is 5.32. The van der Waals surface area contributed by atoms with Gasteiger partial charge in [-0.05, 0) is 42.7 Å². The highest BCUT2D eigenvalue weighted by atomic mass is 16.5. The van der Waals surface area contributed by atoms with Crippen LogP contribution < -0.4 is 4.74 Å². The predicted molar refractivity (Wildman–Crippen MR) is 73.0 cm³/mol. The summed E-state index contributed by atoms with van der Waals surface area (Å²) in [5.41, 5.74) is 1.14. The third-order valence-electron chi connectivity index (χ3n) is 3.44. The molecule has 3 rings (SSSR count). The van der Waals surface area contributed by atoms with E-state index >= 15 is 0 Å². The summed E-state index contributed by atoms with van der Waals surface area (Å²) in [6.07, 6.45) is 8.44. The van der Waals surface area contributed by atoms with E-state index < -0.39 is 0 Å². The molecule has 3 heteroatoms. The highest BCUT2D eigenvalue weighted by Crippen LogP contribution is 2.32. The van der Waals surface area contributed by atoms with Gasteiger partial charge in [-0.2, -0.15) is 0 Å². The van der Waals surface area contributed by atoms with Crippen LogP contribution in [0.3, 0.4) is 0 Å².